The summed E-state index contributed by atoms with van der Waals surface area (Å²) in [7, 11) is 0. The number of hydrogen-bond acceptors (Lipinski definition) is 4. The maximum atomic E-state index is 12.5. The van der Waals surface area contributed by atoms with E-state index in [0.717, 1.165) is 27.9 Å². The minimum absolute atomic E-state index is 0.136. The molecule has 1 N–H and O–H groups in total. The number of aromatic nitrogens is 3. The molecule has 4 rings (SSSR count). The zero-order valence-corrected chi connectivity index (χ0v) is 11.0. The highest BCUT2D eigenvalue weighted by atomic mass is 32.2. The Hall–Kier alpha value is -2.08. The van der Waals surface area contributed by atoms with E-state index in [1.165, 1.54) is 4.68 Å². The van der Waals surface area contributed by atoms with E-state index >= 15 is 0 Å². The van der Waals surface area contributed by atoms with Crippen LogP contribution in [0.15, 0.2) is 39.3 Å². The maximum Gasteiger partial charge on any atom is 0.299 e. The maximum absolute atomic E-state index is 12.5. The highest BCUT2D eigenvalue weighted by Gasteiger charge is 2.18. The highest BCUT2D eigenvalue weighted by molar-refractivity contribution is 7.99. The Morgan fingerprint density at radius 1 is 1.37 bits per heavy atom. The minimum atomic E-state index is -0.136. The lowest BCUT2D eigenvalue weighted by Crippen LogP contribution is -2.24. The van der Waals surface area contributed by atoms with Crippen LogP contribution < -0.4 is 5.56 Å². The van der Waals surface area contributed by atoms with Crippen LogP contribution in [0.25, 0.3) is 21.9 Å². The molecule has 6 heteroatoms. The van der Waals surface area contributed by atoms with Crippen molar-refractivity contribution in [3.05, 3.63) is 34.6 Å². The number of H-pyrrole nitrogens is 1. The van der Waals surface area contributed by atoms with E-state index in [-0.39, 0.29) is 5.56 Å². The Morgan fingerprint density at radius 3 is 3.11 bits per heavy atom. The number of para-hydroxylation sites is 1. The molecule has 94 valence electrons. The van der Waals surface area contributed by atoms with Gasteiger partial charge in [0.2, 0.25) is 0 Å². The molecule has 0 fully saturated rings. The molecule has 0 saturated carbocycles. The molecule has 1 aliphatic rings. The third kappa shape index (κ3) is 1.46. The van der Waals surface area contributed by atoms with Gasteiger partial charge in [-0.05, 0) is 13.0 Å². The van der Waals surface area contributed by atoms with E-state index in [1.54, 1.807) is 11.8 Å². The Bertz CT molecular complexity index is 906. The molecule has 19 heavy (non-hydrogen) atoms. The Balaban J connectivity index is 2.21. The van der Waals surface area contributed by atoms with E-state index in [4.69, 9.17) is 0 Å². The number of benzene rings is 1. The summed E-state index contributed by atoms with van der Waals surface area (Å²) in [6, 6.07) is 7.80. The van der Waals surface area contributed by atoms with Crippen LogP contribution in [0.4, 0.5) is 0 Å². The first-order valence-corrected chi connectivity index (χ1v) is 6.93. The Morgan fingerprint density at radius 2 is 2.21 bits per heavy atom. The van der Waals surface area contributed by atoms with Gasteiger partial charge in [0.05, 0.1) is 0 Å². The molecule has 0 unspecified atom stereocenters. The zero-order valence-electron chi connectivity index (χ0n) is 10.2. The highest BCUT2D eigenvalue weighted by Crippen LogP contribution is 2.25. The van der Waals surface area contributed by atoms with E-state index in [9.17, 15) is 4.79 Å². The fourth-order valence-corrected chi connectivity index (χ4v) is 3.08. The molecule has 0 saturated heterocycles. The number of rotatable bonds is 0. The third-order valence-electron chi connectivity index (χ3n) is 3.15. The standard InChI is InChI=1S/C13H10N4OS/c1-7-6-19-13-15-10-8-4-2-3-5-9(8)14-11(10)12(18)17(13)16-7/h2-5,14H,6H2,1H3. The van der Waals surface area contributed by atoms with E-state index < -0.39 is 0 Å². The first-order valence-electron chi connectivity index (χ1n) is 5.95. The molecule has 5 nitrogen and oxygen atoms in total. The number of nitrogens with zero attached hydrogens (tertiary/aromatic N) is 3. The first kappa shape index (κ1) is 10.8. The van der Waals surface area contributed by atoms with Crippen LogP contribution in [0.3, 0.4) is 0 Å². The van der Waals surface area contributed by atoms with Crippen molar-refractivity contribution in [1.29, 1.82) is 0 Å². The van der Waals surface area contributed by atoms with Gasteiger partial charge >= 0.3 is 0 Å². The number of nitrogens with one attached hydrogen (secondary N) is 1. The summed E-state index contributed by atoms with van der Waals surface area (Å²) in [4.78, 5) is 20.2. The molecule has 3 aromatic rings. The molecule has 0 bridgehead atoms. The second-order valence-electron chi connectivity index (χ2n) is 4.53. The fraction of sp³-hybridized carbons (Fsp3) is 0.154. The average Bonchev–Trinajstić information content (AvgIpc) is 2.79. The number of hydrogen-bond donors (Lipinski definition) is 1. The molecule has 1 aromatic carbocycles. The van der Waals surface area contributed by atoms with Crippen LogP contribution >= 0.6 is 11.8 Å². The van der Waals surface area contributed by atoms with Gasteiger partial charge in [0, 0.05) is 22.4 Å². The second-order valence-corrected chi connectivity index (χ2v) is 5.47. The molecular weight excluding hydrogens is 260 g/mol. The molecule has 3 heterocycles. The molecule has 2 aromatic heterocycles. The number of aromatic amines is 1. The molecule has 0 atom stereocenters. The van der Waals surface area contributed by atoms with Crippen molar-refractivity contribution < 1.29 is 0 Å². The summed E-state index contributed by atoms with van der Waals surface area (Å²) in [5, 5.41) is 5.92. The van der Waals surface area contributed by atoms with Gasteiger partial charge < -0.3 is 4.98 Å². The van der Waals surface area contributed by atoms with Crippen LogP contribution in [0.1, 0.15) is 6.92 Å². The SMILES string of the molecule is CC1=Nn2c(nc3c([nH]c4ccccc43)c2=O)SC1. The lowest BCUT2D eigenvalue weighted by atomic mass is 10.2. The molecule has 0 aliphatic carbocycles. The van der Waals surface area contributed by atoms with E-state index in [2.05, 4.69) is 15.1 Å². The second kappa shape index (κ2) is 3.71. The lowest BCUT2D eigenvalue weighted by molar-refractivity contribution is 0.697. The van der Waals surface area contributed by atoms with Crippen LogP contribution in [0.2, 0.25) is 0 Å². The van der Waals surface area contributed by atoms with Crippen LogP contribution in [0.5, 0.6) is 0 Å². The van der Waals surface area contributed by atoms with Gasteiger partial charge in [-0.3, -0.25) is 4.79 Å². The van der Waals surface area contributed by atoms with Crippen molar-refractivity contribution in [3.8, 4) is 0 Å². The molecule has 0 radical (unpaired) electrons. The average molecular weight is 270 g/mol. The largest absolute Gasteiger partial charge is 0.349 e. The molecular formula is C13H10N4OS. The summed E-state index contributed by atoms with van der Waals surface area (Å²) < 4.78 is 1.39. The lowest BCUT2D eigenvalue weighted by Gasteiger charge is -2.12. The van der Waals surface area contributed by atoms with Crippen molar-refractivity contribution in [2.24, 2.45) is 5.10 Å². The summed E-state index contributed by atoms with van der Waals surface area (Å²) in [5.41, 5.74) is 2.97. The first-order chi connectivity index (χ1) is 9.24. The van der Waals surface area contributed by atoms with Crippen molar-refractivity contribution in [2.75, 3.05) is 5.75 Å². The van der Waals surface area contributed by atoms with Crippen LogP contribution in [-0.4, -0.2) is 26.1 Å². The summed E-state index contributed by atoms with van der Waals surface area (Å²) in [6.07, 6.45) is 0. The monoisotopic (exact) mass is 270 g/mol. The third-order valence-corrected chi connectivity index (χ3v) is 4.24. The predicted molar refractivity (Wildman–Crippen MR) is 77.1 cm³/mol. The molecule has 1 aliphatic heterocycles. The van der Waals surface area contributed by atoms with Gasteiger partial charge in [-0.2, -0.15) is 9.78 Å². The molecule has 0 amide bonds. The van der Waals surface area contributed by atoms with E-state index in [1.807, 2.05) is 31.2 Å². The summed E-state index contributed by atoms with van der Waals surface area (Å²) in [6.45, 7) is 1.91. The van der Waals surface area contributed by atoms with Gasteiger partial charge in [-0.1, -0.05) is 30.0 Å². The van der Waals surface area contributed by atoms with Crippen molar-refractivity contribution in [3.63, 3.8) is 0 Å². The van der Waals surface area contributed by atoms with Crippen LogP contribution in [-0.2, 0) is 0 Å². The van der Waals surface area contributed by atoms with Gasteiger partial charge in [-0.15, -0.1) is 0 Å². The topological polar surface area (TPSA) is 63.0 Å². The van der Waals surface area contributed by atoms with E-state index in [0.29, 0.717) is 10.7 Å². The number of fused-ring (bicyclic) bond motifs is 4. The minimum Gasteiger partial charge on any atom is -0.349 e. The predicted octanol–water partition coefficient (Wildman–Crippen LogP) is 2.21. The Kier molecular flexibility index (Phi) is 2.11. The van der Waals surface area contributed by atoms with Crippen molar-refractivity contribution >= 4 is 39.4 Å². The van der Waals surface area contributed by atoms with Gasteiger partial charge in [-0.25, -0.2) is 4.98 Å². The smallest absolute Gasteiger partial charge is 0.299 e. The normalized spacial score (nSPS) is 14.7. The molecule has 0 spiro atoms. The van der Waals surface area contributed by atoms with Gasteiger partial charge in [0.15, 0.2) is 5.16 Å². The summed E-state index contributed by atoms with van der Waals surface area (Å²) >= 11 is 1.54. The van der Waals surface area contributed by atoms with Crippen LogP contribution in [0, 0.1) is 0 Å². The summed E-state index contributed by atoms with van der Waals surface area (Å²) in [5.74, 6) is 0.778. The van der Waals surface area contributed by atoms with Crippen molar-refractivity contribution in [1.82, 2.24) is 14.6 Å². The van der Waals surface area contributed by atoms with Crippen molar-refractivity contribution in [2.45, 2.75) is 12.1 Å². The zero-order chi connectivity index (χ0) is 13.0. The Labute approximate surface area is 112 Å². The quantitative estimate of drug-likeness (QED) is 0.637. The van der Waals surface area contributed by atoms with Gasteiger partial charge in [0.25, 0.3) is 5.56 Å². The fourth-order valence-electron chi connectivity index (χ4n) is 2.28. The number of thioether (sulfide) groups is 1. The van der Waals surface area contributed by atoms with Gasteiger partial charge in [0.1, 0.15) is 11.0 Å².